The molecule has 0 saturated heterocycles. The van der Waals surface area contributed by atoms with Crippen LogP contribution in [0, 0.1) is 6.92 Å². The van der Waals surface area contributed by atoms with E-state index in [0.717, 1.165) is 0 Å². The van der Waals surface area contributed by atoms with Crippen LogP contribution in [0.3, 0.4) is 0 Å². The molecule has 98 valence electrons. The summed E-state index contributed by atoms with van der Waals surface area (Å²) < 4.78 is 2.41. The van der Waals surface area contributed by atoms with Crippen LogP contribution in [0.2, 0.25) is 0 Å². The minimum atomic E-state index is 0.122. The van der Waals surface area contributed by atoms with Gasteiger partial charge >= 0.3 is 0 Å². The van der Waals surface area contributed by atoms with Gasteiger partial charge in [0.15, 0.2) is 0 Å². The number of aromatic nitrogens is 1. The minimum Gasteiger partial charge on any atom is -0.342 e. The van der Waals surface area contributed by atoms with Gasteiger partial charge in [-0.3, -0.25) is 0 Å². The lowest BCUT2D eigenvalue weighted by molar-refractivity contribution is 0.408. The van der Waals surface area contributed by atoms with E-state index < -0.39 is 0 Å². The van der Waals surface area contributed by atoms with Gasteiger partial charge in [-0.1, -0.05) is 32.4 Å². The number of aryl methyl sites for hydroxylation is 1. The molecule has 0 aliphatic rings. The van der Waals surface area contributed by atoms with Crippen molar-refractivity contribution in [1.29, 1.82) is 0 Å². The highest BCUT2D eigenvalue weighted by Crippen LogP contribution is 2.34. The predicted molar refractivity (Wildman–Crippen MR) is 80.4 cm³/mol. The fraction of sp³-hybridized carbons (Fsp3) is 0.529. The maximum absolute atomic E-state index is 2.41. The van der Waals surface area contributed by atoms with E-state index in [2.05, 4.69) is 77.4 Å². The Morgan fingerprint density at radius 1 is 0.944 bits per heavy atom. The average molecular weight is 243 g/mol. The summed E-state index contributed by atoms with van der Waals surface area (Å²) in [4.78, 5) is 0. The topological polar surface area (TPSA) is 4.93 Å². The Hall–Kier alpha value is -1.24. The van der Waals surface area contributed by atoms with Gasteiger partial charge in [-0.15, -0.1) is 0 Å². The zero-order chi connectivity index (χ0) is 13.7. The van der Waals surface area contributed by atoms with E-state index in [1.165, 1.54) is 22.0 Å². The maximum atomic E-state index is 2.41. The first kappa shape index (κ1) is 13.2. The molecule has 0 saturated carbocycles. The Balaban J connectivity index is 2.87. The molecule has 0 radical (unpaired) electrons. The van der Waals surface area contributed by atoms with Crippen molar-refractivity contribution in [3.05, 3.63) is 35.5 Å². The van der Waals surface area contributed by atoms with Crippen LogP contribution in [0.25, 0.3) is 10.9 Å². The Morgan fingerprint density at radius 3 is 2.06 bits per heavy atom. The maximum Gasteiger partial charge on any atom is 0.0523 e. The van der Waals surface area contributed by atoms with Gasteiger partial charge in [0.05, 0.1) is 5.52 Å². The second-order valence-corrected chi connectivity index (χ2v) is 7.36. The summed E-state index contributed by atoms with van der Waals surface area (Å²) >= 11 is 0. The van der Waals surface area contributed by atoms with Crippen molar-refractivity contribution in [3.8, 4) is 0 Å². The minimum absolute atomic E-state index is 0.122. The molecule has 0 atom stereocenters. The predicted octanol–water partition coefficient (Wildman–Crippen LogP) is 5.00. The van der Waals surface area contributed by atoms with Crippen molar-refractivity contribution >= 4 is 10.9 Å². The van der Waals surface area contributed by atoms with Crippen LogP contribution in [0.4, 0.5) is 0 Å². The van der Waals surface area contributed by atoms with E-state index >= 15 is 0 Å². The third-order valence-corrected chi connectivity index (χ3v) is 3.46. The highest BCUT2D eigenvalue weighted by molar-refractivity contribution is 5.85. The third-order valence-electron chi connectivity index (χ3n) is 3.46. The lowest BCUT2D eigenvalue weighted by Crippen LogP contribution is -2.23. The number of hydrogen-bond acceptors (Lipinski definition) is 0. The molecular weight excluding hydrogens is 218 g/mol. The van der Waals surface area contributed by atoms with Gasteiger partial charge in [-0.25, -0.2) is 0 Å². The van der Waals surface area contributed by atoms with E-state index in [1.807, 2.05) is 0 Å². The molecule has 2 aromatic rings. The summed E-state index contributed by atoms with van der Waals surface area (Å²) in [5, 5.41) is 1.36. The van der Waals surface area contributed by atoms with Crippen molar-refractivity contribution in [2.75, 3.05) is 0 Å². The smallest absolute Gasteiger partial charge is 0.0523 e. The molecule has 0 aliphatic carbocycles. The Morgan fingerprint density at radius 2 is 1.56 bits per heavy atom. The summed E-state index contributed by atoms with van der Waals surface area (Å²) in [7, 11) is 0. The second-order valence-electron chi connectivity index (χ2n) is 7.36. The number of fused-ring (bicyclic) bond motifs is 1. The lowest BCUT2D eigenvalue weighted by atomic mass is 9.84. The van der Waals surface area contributed by atoms with Crippen LogP contribution >= 0.6 is 0 Å². The van der Waals surface area contributed by atoms with Crippen LogP contribution < -0.4 is 0 Å². The Kier molecular flexibility index (Phi) is 2.84. The molecule has 1 aromatic heterocycles. The monoisotopic (exact) mass is 243 g/mol. The molecule has 0 amide bonds. The van der Waals surface area contributed by atoms with Gasteiger partial charge in [0, 0.05) is 17.1 Å². The van der Waals surface area contributed by atoms with Crippen LogP contribution in [0.15, 0.2) is 24.4 Å². The Labute approximate surface area is 111 Å². The molecule has 0 unspecified atom stereocenters. The summed E-state index contributed by atoms with van der Waals surface area (Å²) in [5.74, 6) is 0. The quantitative estimate of drug-likeness (QED) is 0.613. The summed E-state index contributed by atoms with van der Waals surface area (Å²) in [5.41, 5.74) is 4.47. The number of rotatable bonds is 0. The van der Waals surface area contributed by atoms with Gasteiger partial charge in [0.1, 0.15) is 0 Å². The molecular formula is C17H25N. The van der Waals surface area contributed by atoms with Gasteiger partial charge < -0.3 is 4.57 Å². The normalized spacial score (nSPS) is 13.3. The highest BCUT2D eigenvalue weighted by Gasteiger charge is 2.23. The van der Waals surface area contributed by atoms with E-state index in [9.17, 15) is 0 Å². The fourth-order valence-electron chi connectivity index (χ4n) is 2.56. The van der Waals surface area contributed by atoms with Crippen molar-refractivity contribution in [2.24, 2.45) is 0 Å². The van der Waals surface area contributed by atoms with Crippen LogP contribution in [-0.2, 0) is 11.0 Å². The first-order valence-electron chi connectivity index (χ1n) is 6.73. The van der Waals surface area contributed by atoms with E-state index in [1.54, 1.807) is 0 Å². The highest BCUT2D eigenvalue weighted by atomic mass is 15.0. The number of nitrogens with zero attached hydrogens (tertiary/aromatic N) is 1. The van der Waals surface area contributed by atoms with Gasteiger partial charge in [-0.2, -0.15) is 0 Å². The number of hydrogen-bond donors (Lipinski definition) is 0. The molecule has 0 bridgehead atoms. The molecule has 0 aliphatic heterocycles. The summed E-state index contributed by atoms with van der Waals surface area (Å²) in [6, 6.07) is 6.86. The third kappa shape index (κ3) is 2.19. The first-order valence-corrected chi connectivity index (χ1v) is 6.73. The molecule has 1 heteroatoms. The van der Waals surface area contributed by atoms with Gasteiger partial charge in [0.2, 0.25) is 0 Å². The molecule has 1 heterocycles. The van der Waals surface area contributed by atoms with Gasteiger partial charge in [-0.05, 0) is 50.8 Å². The number of benzene rings is 1. The second kappa shape index (κ2) is 3.88. The van der Waals surface area contributed by atoms with Crippen molar-refractivity contribution in [2.45, 2.75) is 59.4 Å². The molecule has 0 spiro atoms. The zero-order valence-electron chi connectivity index (χ0n) is 12.8. The van der Waals surface area contributed by atoms with Crippen molar-refractivity contribution in [1.82, 2.24) is 4.57 Å². The first-order chi connectivity index (χ1) is 8.10. The van der Waals surface area contributed by atoms with E-state index in [0.29, 0.717) is 0 Å². The average Bonchev–Trinajstić information content (AvgIpc) is 2.57. The molecule has 0 fully saturated rings. The molecule has 1 aromatic carbocycles. The van der Waals surface area contributed by atoms with Crippen LogP contribution in [-0.4, -0.2) is 4.57 Å². The van der Waals surface area contributed by atoms with Crippen LogP contribution in [0.5, 0.6) is 0 Å². The van der Waals surface area contributed by atoms with E-state index in [-0.39, 0.29) is 11.0 Å². The molecule has 1 nitrogen and oxygen atoms in total. The SMILES string of the molecule is Cc1cc(C(C)(C)C)c2c(ccn2C(C)(C)C)c1. The molecule has 0 N–H and O–H groups in total. The Bertz CT molecular complexity index is 574. The standard InChI is InChI=1S/C17H25N/c1-12-10-13-8-9-18(17(5,6)7)15(13)14(11-12)16(2,3)4/h8-11H,1-7H3. The van der Waals surface area contributed by atoms with E-state index in [4.69, 9.17) is 0 Å². The fourth-order valence-corrected chi connectivity index (χ4v) is 2.56. The van der Waals surface area contributed by atoms with Crippen molar-refractivity contribution in [3.63, 3.8) is 0 Å². The molecule has 18 heavy (non-hydrogen) atoms. The summed E-state index contributed by atoms with van der Waals surface area (Å²) in [6.07, 6.45) is 2.22. The molecule has 2 rings (SSSR count). The van der Waals surface area contributed by atoms with Crippen LogP contribution in [0.1, 0.15) is 52.7 Å². The zero-order valence-corrected chi connectivity index (χ0v) is 12.8. The lowest BCUT2D eigenvalue weighted by Gasteiger charge is -2.28. The van der Waals surface area contributed by atoms with Gasteiger partial charge in [0.25, 0.3) is 0 Å². The summed E-state index contributed by atoms with van der Waals surface area (Å²) in [6.45, 7) is 15.9. The largest absolute Gasteiger partial charge is 0.342 e. The van der Waals surface area contributed by atoms with Crippen molar-refractivity contribution < 1.29 is 0 Å².